The highest BCUT2D eigenvalue weighted by molar-refractivity contribution is 6.21. The van der Waals surface area contributed by atoms with Gasteiger partial charge in [-0.25, -0.2) is 0 Å². The molecule has 0 aliphatic rings. The quantitative estimate of drug-likeness (QED) is 0.179. The molecule has 212 valence electrons. The lowest BCUT2D eigenvalue weighted by atomic mass is 9.85. The molecule has 45 heavy (non-hydrogen) atoms. The minimum atomic E-state index is 1.11. The Bertz CT molecular complexity index is 2240. The molecule has 1 heteroatoms. The van der Waals surface area contributed by atoms with Crippen molar-refractivity contribution in [3.05, 3.63) is 188 Å². The number of para-hydroxylation sites is 1. The molecule has 0 heterocycles. The average molecular weight is 574 g/mol. The van der Waals surface area contributed by atoms with Crippen LogP contribution in [0.2, 0.25) is 0 Å². The molecule has 0 atom stereocenters. The predicted molar refractivity (Wildman–Crippen MR) is 192 cm³/mol. The number of hydrogen-bond acceptors (Lipinski definition) is 1. The molecule has 0 aliphatic carbocycles. The molecule has 0 fully saturated rings. The Balaban J connectivity index is 1.31. The van der Waals surface area contributed by atoms with Gasteiger partial charge in [-0.15, -0.1) is 0 Å². The van der Waals surface area contributed by atoms with Gasteiger partial charge in [0.2, 0.25) is 0 Å². The van der Waals surface area contributed by atoms with Crippen LogP contribution in [-0.2, 0) is 0 Å². The summed E-state index contributed by atoms with van der Waals surface area (Å²) in [5.74, 6) is 0. The standard InChI is InChI=1S/C44H31N/c1-4-15-32(16-5-1)35-19-14-22-38(31-35)45(36-20-8-3-9-21-36)37-29-27-34(28-30-37)44-42-26-13-11-24-40(42)39-23-10-12-25-41(39)43(44)33-17-6-2-7-18-33/h1-31H. The molecule has 0 spiro atoms. The van der Waals surface area contributed by atoms with Crippen molar-refractivity contribution in [1.29, 1.82) is 0 Å². The molecule has 8 rings (SSSR count). The van der Waals surface area contributed by atoms with E-state index in [-0.39, 0.29) is 0 Å². The third-order valence-electron chi connectivity index (χ3n) is 8.64. The highest BCUT2D eigenvalue weighted by Gasteiger charge is 2.18. The van der Waals surface area contributed by atoms with Crippen LogP contribution in [0.25, 0.3) is 54.9 Å². The van der Waals surface area contributed by atoms with Crippen molar-refractivity contribution in [2.75, 3.05) is 4.90 Å². The second-order valence-electron chi connectivity index (χ2n) is 11.3. The monoisotopic (exact) mass is 573 g/mol. The van der Waals surface area contributed by atoms with Gasteiger partial charge in [-0.2, -0.15) is 0 Å². The van der Waals surface area contributed by atoms with Crippen LogP contribution >= 0.6 is 0 Å². The summed E-state index contributed by atoms with van der Waals surface area (Å²) in [6.07, 6.45) is 0. The summed E-state index contributed by atoms with van der Waals surface area (Å²) in [6.45, 7) is 0. The van der Waals surface area contributed by atoms with Gasteiger partial charge in [-0.05, 0) is 91.3 Å². The number of benzene rings is 8. The maximum Gasteiger partial charge on any atom is 0.0467 e. The maximum atomic E-state index is 2.34. The first-order chi connectivity index (χ1) is 22.3. The summed E-state index contributed by atoms with van der Waals surface area (Å²) < 4.78 is 0. The highest BCUT2D eigenvalue weighted by Crippen LogP contribution is 2.45. The second-order valence-corrected chi connectivity index (χ2v) is 11.3. The fourth-order valence-electron chi connectivity index (χ4n) is 6.60. The normalized spacial score (nSPS) is 11.1. The van der Waals surface area contributed by atoms with Crippen molar-refractivity contribution < 1.29 is 0 Å². The van der Waals surface area contributed by atoms with Crippen molar-refractivity contribution >= 4 is 38.6 Å². The van der Waals surface area contributed by atoms with Crippen LogP contribution in [0.3, 0.4) is 0 Å². The Labute approximate surface area is 264 Å². The third-order valence-corrected chi connectivity index (χ3v) is 8.64. The molecule has 0 bridgehead atoms. The first kappa shape index (κ1) is 26.7. The average Bonchev–Trinajstić information content (AvgIpc) is 3.13. The molecule has 0 radical (unpaired) electrons. The highest BCUT2D eigenvalue weighted by atomic mass is 15.1. The third kappa shape index (κ3) is 4.95. The van der Waals surface area contributed by atoms with Gasteiger partial charge in [0.05, 0.1) is 0 Å². The lowest BCUT2D eigenvalue weighted by Crippen LogP contribution is -2.09. The van der Waals surface area contributed by atoms with Crippen LogP contribution < -0.4 is 4.90 Å². The van der Waals surface area contributed by atoms with Crippen molar-refractivity contribution in [3.8, 4) is 33.4 Å². The van der Waals surface area contributed by atoms with E-state index in [0.717, 1.165) is 17.1 Å². The van der Waals surface area contributed by atoms with E-state index in [1.54, 1.807) is 0 Å². The summed E-state index contributed by atoms with van der Waals surface area (Å²) in [7, 11) is 0. The molecule has 0 saturated carbocycles. The van der Waals surface area contributed by atoms with Crippen molar-refractivity contribution in [2.24, 2.45) is 0 Å². The molecule has 0 aliphatic heterocycles. The van der Waals surface area contributed by atoms with Gasteiger partial charge in [0.1, 0.15) is 0 Å². The summed E-state index contributed by atoms with van der Waals surface area (Å²) >= 11 is 0. The van der Waals surface area contributed by atoms with E-state index in [0.29, 0.717) is 0 Å². The van der Waals surface area contributed by atoms with Gasteiger partial charge in [0, 0.05) is 17.1 Å². The summed E-state index contributed by atoms with van der Waals surface area (Å²) in [6, 6.07) is 67.5. The molecule has 0 amide bonds. The molecule has 8 aromatic rings. The number of rotatable bonds is 6. The van der Waals surface area contributed by atoms with E-state index in [2.05, 4.69) is 193 Å². The minimum absolute atomic E-state index is 1.11. The van der Waals surface area contributed by atoms with Crippen molar-refractivity contribution in [2.45, 2.75) is 0 Å². The number of nitrogens with zero attached hydrogens (tertiary/aromatic N) is 1. The lowest BCUT2D eigenvalue weighted by molar-refractivity contribution is 1.28. The molecule has 0 saturated heterocycles. The van der Waals surface area contributed by atoms with E-state index >= 15 is 0 Å². The number of fused-ring (bicyclic) bond motifs is 3. The Kier molecular flexibility index (Phi) is 6.90. The van der Waals surface area contributed by atoms with Gasteiger partial charge in [-0.3, -0.25) is 0 Å². The van der Waals surface area contributed by atoms with Crippen molar-refractivity contribution in [1.82, 2.24) is 0 Å². The van der Waals surface area contributed by atoms with Crippen LogP contribution in [0.1, 0.15) is 0 Å². The molecule has 0 unspecified atom stereocenters. The summed E-state index contributed by atoms with van der Waals surface area (Å²) in [5.41, 5.74) is 10.7. The SMILES string of the molecule is c1ccc(-c2cccc(N(c3ccccc3)c3ccc(-c4c(-c5ccccc5)c5ccccc5c5ccccc45)cc3)c2)cc1. The number of hydrogen-bond donors (Lipinski definition) is 0. The largest absolute Gasteiger partial charge is 0.310 e. The molecular formula is C44H31N. The zero-order valence-corrected chi connectivity index (χ0v) is 24.8. The smallest absolute Gasteiger partial charge is 0.0467 e. The summed E-state index contributed by atoms with van der Waals surface area (Å²) in [4.78, 5) is 2.34. The molecule has 1 nitrogen and oxygen atoms in total. The molecule has 0 N–H and O–H groups in total. The van der Waals surface area contributed by atoms with Gasteiger partial charge < -0.3 is 4.90 Å². The Hall–Kier alpha value is -5.92. The van der Waals surface area contributed by atoms with Gasteiger partial charge in [-0.1, -0.05) is 152 Å². The van der Waals surface area contributed by atoms with Crippen LogP contribution in [0, 0.1) is 0 Å². The van der Waals surface area contributed by atoms with E-state index in [1.165, 1.54) is 54.9 Å². The second kappa shape index (κ2) is 11.6. The Morgan fingerprint density at radius 1 is 0.244 bits per heavy atom. The minimum Gasteiger partial charge on any atom is -0.310 e. The first-order valence-corrected chi connectivity index (χ1v) is 15.5. The van der Waals surface area contributed by atoms with Crippen LogP contribution in [0.15, 0.2) is 188 Å². The van der Waals surface area contributed by atoms with E-state index < -0.39 is 0 Å². The lowest BCUT2D eigenvalue weighted by Gasteiger charge is -2.26. The van der Waals surface area contributed by atoms with Crippen LogP contribution in [0.4, 0.5) is 17.1 Å². The summed E-state index contributed by atoms with van der Waals surface area (Å²) in [5, 5.41) is 5.08. The zero-order valence-electron chi connectivity index (χ0n) is 24.8. The Morgan fingerprint density at radius 3 is 1.22 bits per heavy atom. The molecule has 0 aromatic heterocycles. The number of anilines is 3. The first-order valence-electron chi connectivity index (χ1n) is 15.5. The van der Waals surface area contributed by atoms with Gasteiger partial charge >= 0.3 is 0 Å². The fraction of sp³-hybridized carbons (Fsp3) is 0. The fourth-order valence-corrected chi connectivity index (χ4v) is 6.60. The van der Waals surface area contributed by atoms with E-state index in [4.69, 9.17) is 0 Å². The zero-order chi connectivity index (χ0) is 30.0. The van der Waals surface area contributed by atoms with Crippen LogP contribution in [-0.4, -0.2) is 0 Å². The Morgan fingerprint density at radius 2 is 0.644 bits per heavy atom. The van der Waals surface area contributed by atoms with E-state index in [9.17, 15) is 0 Å². The predicted octanol–water partition coefficient (Wildman–Crippen LogP) is 12.5. The van der Waals surface area contributed by atoms with Gasteiger partial charge in [0.25, 0.3) is 0 Å². The van der Waals surface area contributed by atoms with Crippen molar-refractivity contribution in [3.63, 3.8) is 0 Å². The topological polar surface area (TPSA) is 3.24 Å². The molecule has 8 aromatic carbocycles. The molecular weight excluding hydrogens is 542 g/mol. The maximum absolute atomic E-state index is 2.34. The van der Waals surface area contributed by atoms with Gasteiger partial charge in [0.15, 0.2) is 0 Å². The van der Waals surface area contributed by atoms with Crippen LogP contribution in [0.5, 0.6) is 0 Å². The van der Waals surface area contributed by atoms with E-state index in [1.807, 2.05) is 0 Å².